The van der Waals surface area contributed by atoms with E-state index >= 15 is 0 Å². The van der Waals surface area contributed by atoms with Crippen molar-refractivity contribution in [3.63, 3.8) is 0 Å². The number of benzene rings is 2. The van der Waals surface area contributed by atoms with Gasteiger partial charge < -0.3 is 15.7 Å². The van der Waals surface area contributed by atoms with Crippen LogP contribution in [0.25, 0.3) is 0 Å². The molecule has 5 nitrogen and oxygen atoms in total. The number of carbonyl (C=O) groups is 2. The second-order valence-corrected chi connectivity index (χ2v) is 8.99. The first-order valence-corrected chi connectivity index (χ1v) is 11.0. The summed E-state index contributed by atoms with van der Waals surface area (Å²) in [5.74, 6) is 0.462. The van der Waals surface area contributed by atoms with Gasteiger partial charge in [0.05, 0.1) is 5.56 Å². The molecular formula is C25H30N2O3. The monoisotopic (exact) mass is 406 g/mol. The number of hydrogen-bond donors (Lipinski definition) is 3. The van der Waals surface area contributed by atoms with E-state index in [-0.39, 0.29) is 5.91 Å². The second kappa shape index (κ2) is 8.50. The van der Waals surface area contributed by atoms with Crippen LogP contribution in [0.2, 0.25) is 0 Å². The molecule has 2 aromatic rings. The molecule has 0 atom stereocenters. The van der Waals surface area contributed by atoms with E-state index in [2.05, 4.69) is 24.5 Å². The third-order valence-corrected chi connectivity index (χ3v) is 5.93. The highest BCUT2D eigenvalue weighted by Crippen LogP contribution is 2.48. The van der Waals surface area contributed by atoms with Crippen LogP contribution in [-0.2, 0) is 0 Å². The Balaban J connectivity index is 1.62. The minimum Gasteiger partial charge on any atom is -0.478 e. The van der Waals surface area contributed by atoms with Gasteiger partial charge in [0.25, 0.3) is 5.91 Å². The molecule has 4 rings (SSSR count). The molecule has 0 spiro atoms. The second-order valence-electron chi connectivity index (χ2n) is 8.99. The molecule has 2 fully saturated rings. The lowest BCUT2D eigenvalue weighted by Crippen LogP contribution is -2.26. The number of carboxylic acid groups (broad SMARTS) is 1. The van der Waals surface area contributed by atoms with Gasteiger partial charge in [-0.05, 0) is 91.3 Å². The molecule has 0 aromatic heterocycles. The molecule has 2 aliphatic rings. The maximum absolute atomic E-state index is 12.9. The van der Waals surface area contributed by atoms with E-state index in [1.54, 1.807) is 12.1 Å². The Hall–Kier alpha value is -2.82. The van der Waals surface area contributed by atoms with E-state index in [1.165, 1.54) is 0 Å². The van der Waals surface area contributed by atoms with Crippen molar-refractivity contribution >= 4 is 23.3 Å². The standard InChI is InChI=1S/C25H30N2O3/c1-15(2)12-13-26-24(28)19-4-3-5-22(23(19)17-8-9-17)27-21-11-10-18(25(29)30)14-20(21)16-6-7-16/h3-5,10-11,14-17,27H,6-9,12-13H2,1-2H3,(H,26,28)(H,29,30). The largest absolute Gasteiger partial charge is 0.478 e. The van der Waals surface area contributed by atoms with Crippen LogP contribution in [-0.4, -0.2) is 23.5 Å². The fourth-order valence-corrected chi connectivity index (χ4v) is 3.94. The Morgan fingerprint density at radius 3 is 2.40 bits per heavy atom. The Kier molecular flexibility index (Phi) is 5.80. The zero-order valence-corrected chi connectivity index (χ0v) is 17.7. The van der Waals surface area contributed by atoms with Gasteiger partial charge >= 0.3 is 5.97 Å². The van der Waals surface area contributed by atoms with Crippen molar-refractivity contribution in [3.8, 4) is 0 Å². The van der Waals surface area contributed by atoms with Gasteiger partial charge in [-0.2, -0.15) is 0 Å². The third-order valence-electron chi connectivity index (χ3n) is 5.93. The number of carbonyl (C=O) groups excluding carboxylic acids is 1. The molecule has 158 valence electrons. The number of nitrogens with one attached hydrogen (secondary N) is 2. The molecule has 3 N–H and O–H groups in total. The van der Waals surface area contributed by atoms with Gasteiger partial charge in [0.2, 0.25) is 0 Å². The van der Waals surface area contributed by atoms with Crippen molar-refractivity contribution in [1.29, 1.82) is 0 Å². The Bertz CT molecular complexity index is 959. The van der Waals surface area contributed by atoms with Gasteiger partial charge in [-0.1, -0.05) is 19.9 Å². The summed E-state index contributed by atoms with van der Waals surface area (Å²) in [5.41, 5.74) is 5.12. The molecule has 0 saturated heterocycles. The molecule has 2 saturated carbocycles. The quantitative estimate of drug-likeness (QED) is 0.502. The molecule has 30 heavy (non-hydrogen) atoms. The fraction of sp³-hybridized carbons (Fsp3) is 0.440. The van der Waals surface area contributed by atoms with E-state index in [4.69, 9.17) is 0 Å². The smallest absolute Gasteiger partial charge is 0.335 e. The van der Waals surface area contributed by atoms with Gasteiger partial charge in [0, 0.05) is 23.5 Å². The third kappa shape index (κ3) is 4.66. The Morgan fingerprint density at radius 2 is 1.77 bits per heavy atom. The lowest BCUT2D eigenvalue weighted by molar-refractivity contribution is 0.0696. The van der Waals surface area contributed by atoms with Crippen LogP contribution in [0.4, 0.5) is 11.4 Å². The number of hydrogen-bond acceptors (Lipinski definition) is 3. The highest BCUT2D eigenvalue weighted by Gasteiger charge is 2.32. The Labute approximate surface area is 177 Å². The maximum Gasteiger partial charge on any atom is 0.335 e. The van der Waals surface area contributed by atoms with Gasteiger partial charge in [-0.15, -0.1) is 0 Å². The SMILES string of the molecule is CC(C)CCNC(=O)c1cccc(Nc2ccc(C(=O)O)cc2C2CC2)c1C1CC1. The van der Waals surface area contributed by atoms with E-state index in [9.17, 15) is 14.7 Å². The topological polar surface area (TPSA) is 78.4 Å². The summed E-state index contributed by atoms with van der Waals surface area (Å²) in [7, 11) is 0. The Morgan fingerprint density at radius 1 is 1.03 bits per heavy atom. The van der Waals surface area contributed by atoms with Crippen LogP contribution in [0, 0.1) is 5.92 Å². The number of amides is 1. The highest BCUT2D eigenvalue weighted by molar-refractivity contribution is 5.98. The molecule has 2 aromatic carbocycles. The molecule has 0 heterocycles. The lowest BCUT2D eigenvalue weighted by atomic mass is 9.98. The summed E-state index contributed by atoms with van der Waals surface area (Å²) >= 11 is 0. The number of aromatic carboxylic acids is 1. The van der Waals surface area contributed by atoms with Crippen LogP contribution in [0.3, 0.4) is 0 Å². The number of rotatable bonds is 9. The molecule has 5 heteroatoms. The van der Waals surface area contributed by atoms with Gasteiger partial charge in [0.15, 0.2) is 0 Å². The normalized spacial score (nSPS) is 15.8. The van der Waals surface area contributed by atoms with Crippen molar-refractivity contribution in [2.24, 2.45) is 5.92 Å². The van der Waals surface area contributed by atoms with Crippen molar-refractivity contribution < 1.29 is 14.7 Å². The van der Waals surface area contributed by atoms with Crippen molar-refractivity contribution in [3.05, 3.63) is 58.7 Å². The van der Waals surface area contributed by atoms with E-state index in [0.717, 1.165) is 60.2 Å². The zero-order chi connectivity index (χ0) is 21.3. The molecule has 2 aliphatic carbocycles. The molecule has 0 aliphatic heterocycles. The molecule has 0 bridgehead atoms. The van der Waals surface area contributed by atoms with Gasteiger partial charge in [-0.3, -0.25) is 4.79 Å². The lowest BCUT2D eigenvalue weighted by Gasteiger charge is -2.18. The zero-order valence-electron chi connectivity index (χ0n) is 17.7. The minimum atomic E-state index is -0.901. The molecule has 1 amide bonds. The first-order chi connectivity index (χ1) is 14.4. The van der Waals surface area contributed by atoms with Crippen LogP contribution in [0.5, 0.6) is 0 Å². The van der Waals surface area contributed by atoms with E-state index < -0.39 is 5.97 Å². The molecular weight excluding hydrogens is 376 g/mol. The van der Waals surface area contributed by atoms with Crippen LogP contribution >= 0.6 is 0 Å². The predicted octanol–water partition coefficient (Wildman–Crippen LogP) is 5.66. The summed E-state index contributed by atoms with van der Waals surface area (Å²) < 4.78 is 0. The number of carboxylic acids is 1. The molecule has 0 radical (unpaired) electrons. The first kappa shape index (κ1) is 20.5. The summed E-state index contributed by atoms with van der Waals surface area (Å²) in [6, 6.07) is 11.2. The van der Waals surface area contributed by atoms with Gasteiger partial charge in [-0.25, -0.2) is 4.79 Å². The summed E-state index contributed by atoms with van der Waals surface area (Å²) in [6.07, 6.45) is 5.33. The average molecular weight is 407 g/mol. The summed E-state index contributed by atoms with van der Waals surface area (Å²) in [4.78, 5) is 24.3. The predicted molar refractivity (Wildman–Crippen MR) is 119 cm³/mol. The van der Waals surface area contributed by atoms with Gasteiger partial charge in [0.1, 0.15) is 0 Å². The first-order valence-electron chi connectivity index (χ1n) is 11.0. The summed E-state index contributed by atoms with van der Waals surface area (Å²) in [5, 5.41) is 16.0. The minimum absolute atomic E-state index is 0.00941. The highest BCUT2D eigenvalue weighted by atomic mass is 16.4. The maximum atomic E-state index is 12.9. The summed E-state index contributed by atoms with van der Waals surface area (Å²) in [6.45, 7) is 4.99. The van der Waals surface area contributed by atoms with Crippen molar-refractivity contribution in [2.75, 3.05) is 11.9 Å². The van der Waals surface area contributed by atoms with Crippen molar-refractivity contribution in [1.82, 2.24) is 5.32 Å². The fourth-order valence-electron chi connectivity index (χ4n) is 3.94. The van der Waals surface area contributed by atoms with Crippen LogP contribution in [0.1, 0.15) is 89.6 Å². The molecule has 0 unspecified atom stereocenters. The van der Waals surface area contributed by atoms with Crippen LogP contribution < -0.4 is 10.6 Å². The number of anilines is 2. The van der Waals surface area contributed by atoms with E-state index in [1.807, 2.05) is 24.3 Å². The van der Waals surface area contributed by atoms with E-state index in [0.29, 0.717) is 29.9 Å². The average Bonchev–Trinajstić information content (AvgIpc) is 3.61. The van der Waals surface area contributed by atoms with Crippen molar-refractivity contribution in [2.45, 2.75) is 57.8 Å². The van der Waals surface area contributed by atoms with Crippen LogP contribution in [0.15, 0.2) is 36.4 Å².